The Morgan fingerprint density at radius 3 is 2.29 bits per heavy atom. The molecular formula is C5H9NO. The summed E-state index contributed by atoms with van der Waals surface area (Å²) < 4.78 is 4.67. The zero-order valence-corrected chi connectivity index (χ0v) is 4.56. The van der Waals surface area contributed by atoms with Gasteiger partial charge in [-0.25, -0.2) is 0 Å². The monoisotopic (exact) mass is 99.1 g/mol. The molecule has 2 nitrogen and oxygen atoms in total. The molecule has 2 heteroatoms. The average Bonchev–Trinajstić information content (AvgIpc) is 1.72. The highest BCUT2D eigenvalue weighted by Gasteiger charge is 1.79. The van der Waals surface area contributed by atoms with E-state index in [1.54, 1.807) is 13.2 Å². The molecule has 0 spiro atoms. The van der Waals surface area contributed by atoms with E-state index in [0.29, 0.717) is 5.76 Å². The van der Waals surface area contributed by atoms with E-state index in [4.69, 9.17) is 5.41 Å². The second kappa shape index (κ2) is 3.40. The van der Waals surface area contributed by atoms with Gasteiger partial charge < -0.3 is 10.1 Å². The Balaban J connectivity index is 3.60. The van der Waals surface area contributed by atoms with Crippen LogP contribution in [0.5, 0.6) is 0 Å². The van der Waals surface area contributed by atoms with Crippen LogP contribution in [0.4, 0.5) is 0 Å². The second-order valence-electron chi connectivity index (χ2n) is 1.04. The van der Waals surface area contributed by atoms with Gasteiger partial charge in [-0.05, 0) is 13.0 Å². The van der Waals surface area contributed by atoms with E-state index in [2.05, 4.69) is 4.74 Å². The summed E-state index contributed by atoms with van der Waals surface area (Å²) in [5, 5.41) is 6.64. The molecule has 0 fully saturated rings. The molecule has 0 heterocycles. The fourth-order valence-electron chi connectivity index (χ4n) is 0.260. The van der Waals surface area contributed by atoms with Crippen LogP contribution in [0.3, 0.4) is 0 Å². The summed E-state index contributed by atoms with van der Waals surface area (Å²) in [4.78, 5) is 0. The lowest BCUT2D eigenvalue weighted by molar-refractivity contribution is 0.316. The van der Waals surface area contributed by atoms with Gasteiger partial charge in [0.1, 0.15) is 5.76 Å². The van der Waals surface area contributed by atoms with Crippen LogP contribution in [-0.4, -0.2) is 13.3 Å². The SMILES string of the molecule is C/C=C(/C=N)OC. The van der Waals surface area contributed by atoms with E-state index in [1.807, 2.05) is 6.92 Å². The summed E-state index contributed by atoms with van der Waals surface area (Å²) in [7, 11) is 1.54. The molecule has 0 amide bonds. The minimum atomic E-state index is 0.597. The quantitative estimate of drug-likeness (QED) is 0.409. The van der Waals surface area contributed by atoms with Gasteiger partial charge in [0, 0.05) is 0 Å². The minimum Gasteiger partial charge on any atom is -0.496 e. The van der Waals surface area contributed by atoms with Gasteiger partial charge in [-0.3, -0.25) is 0 Å². The number of nitrogens with one attached hydrogen (secondary N) is 1. The molecule has 0 radical (unpaired) electrons. The van der Waals surface area contributed by atoms with Gasteiger partial charge in [0.15, 0.2) is 0 Å². The molecule has 0 rings (SSSR count). The molecule has 7 heavy (non-hydrogen) atoms. The molecule has 0 aromatic heterocycles. The van der Waals surface area contributed by atoms with Crippen LogP contribution in [0.2, 0.25) is 0 Å². The summed E-state index contributed by atoms with van der Waals surface area (Å²) in [6, 6.07) is 0. The van der Waals surface area contributed by atoms with Gasteiger partial charge in [0.05, 0.1) is 13.3 Å². The van der Waals surface area contributed by atoms with E-state index >= 15 is 0 Å². The van der Waals surface area contributed by atoms with E-state index in [0.717, 1.165) is 0 Å². The van der Waals surface area contributed by atoms with Crippen molar-refractivity contribution in [2.75, 3.05) is 7.11 Å². The predicted octanol–water partition coefficient (Wildman–Crippen LogP) is 1.19. The van der Waals surface area contributed by atoms with E-state index in [-0.39, 0.29) is 0 Å². The summed E-state index contributed by atoms with van der Waals surface area (Å²) >= 11 is 0. The number of ether oxygens (including phenoxy) is 1. The highest BCUT2D eigenvalue weighted by molar-refractivity contribution is 5.72. The van der Waals surface area contributed by atoms with Crippen molar-refractivity contribution in [2.24, 2.45) is 0 Å². The van der Waals surface area contributed by atoms with Gasteiger partial charge >= 0.3 is 0 Å². The maximum atomic E-state index is 6.64. The van der Waals surface area contributed by atoms with Crippen LogP contribution in [0.25, 0.3) is 0 Å². The Bertz CT molecular complexity index is 86.1. The molecule has 0 aliphatic heterocycles. The summed E-state index contributed by atoms with van der Waals surface area (Å²) in [5.74, 6) is 0.597. The molecule has 0 bridgehead atoms. The first-order valence-electron chi connectivity index (χ1n) is 2.06. The van der Waals surface area contributed by atoms with Gasteiger partial charge in [-0.15, -0.1) is 0 Å². The van der Waals surface area contributed by atoms with Crippen LogP contribution in [0, 0.1) is 5.41 Å². The number of hydrogen-bond donors (Lipinski definition) is 1. The van der Waals surface area contributed by atoms with E-state index in [1.165, 1.54) is 6.21 Å². The van der Waals surface area contributed by atoms with Crippen LogP contribution < -0.4 is 0 Å². The fraction of sp³-hybridized carbons (Fsp3) is 0.400. The van der Waals surface area contributed by atoms with Crippen molar-refractivity contribution in [3.63, 3.8) is 0 Å². The fourth-order valence-corrected chi connectivity index (χ4v) is 0.260. The number of rotatable bonds is 2. The number of hydrogen-bond acceptors (Lipinski definition) is 2. The molecule has 0 aromatic rings. The first-order valence-corrected chi connectivity index (χ1v) is 2.06. The number of allylic oxidation sites excluding steroid dienone is 2. The molecular weight excluding hydrogens is 90.1 g/mol. The van der Waals surface area contributed by atoms with E-state index in [9.17, 15) is 0 Å². The molecule has 0 atom stereocenters. The standard InChI is InChI=1S/C5H9NO/c1-3-5(4-6)7-2/h3-4,6H,1-2H3/b5-3-,6-4?. The molecule has 0 aliphatic carbocycles. The summed E-state index contributed by atoms with van der Waals surface area (Å²) in [5.41, 5.74) is 0. The first-order chi connectivity index (χ1) is 3.35. The van der Waals surface area contributed by atoms with Crippen molar-refractivity contribution in [2.45, 2.75) is 6.92 Å². The molecule has 0 saturated carbocycles. The van der Waals surface area contributed by atoms with Crippen LogP contribution in [0.1, 0.15) is 6.92 Å². The molecule has 40 valence electrons. The Kier molecular flexibility index (Phi) is 3.02. The zero-order valence-electron chi connectivity index (χ0n) is 4.56. The second-order valence-corrected chi connectivity index (χ2v) is 1.04. The van der Waals surface area contributed by atoms with Crippen molar-refractivity contribution >= 4 is 6.21 Å². The van der Waals surface area contributed by atoms with Crippen molar-refractivity contribution in [1.29, 1.82) is 5.41 Å². The lowest BCUT2D eigenvalue weighted by Gasteiger charge is -1.92. The topological polar surface area (TPSA) is 33.1 Å². The predicted molar refractivity (Wildman–Crippen MR) is 29.5 cm³/mol. The highest BCUT2D eigenvalue weighted by Crippen LogP contribution is 1.85. The van der Waals surface area contributed by atoms with Gasteiger partial charge in [0.2, 0.25) is 0 Å². The van der Waals surface area contributed by atoms with Crippen molar-refractivity contribution in [1.82, 2.24) is 0 Å². The Morgan fingerprint density at radius 1 is 1.71 bits per heavy atom. The lowest BCUT2D eigenvalue weighted by atomic mass is 10.5. The smallest absolute Gasteiger partial charge is 0.132 e. The summed E-state index contributed by atoms with van der Waals surface area (Å²) in [6.45, 7) is 1.82. The number of methoxy groups -OCH3 is 1. The maximum Gasteiger partial charge on any atom is 0.132 e. The molecule has 0 aromatic carbocycles. The summed E-state index contributed by atoms with van der Waals surface area (Å²) in [6.07, 6.45) is 2.90. The zero-order chi connectivity index (χ0) is 5.70. The van der Waals surface area contributed by atoms with Crippen LogP contribution in [-0.2, 0) is 4.74 Å². The van der Waals surface area contributed by atoms with Crippen LogP contribution >= 0.6 is 0 Å². The minimum absolute atomic E-state index is 0.597. The molecule has 0 unspecified atom stereocenters. The van der Waals surface area contributed by atoms with Crippen molar-refractivity contribution in [3.8, 4) is 0 Å². The van der Waals surface area contributed by atoms with Gasteiger partial charge in [-0.1, -0.05) is 0 Å². The highest BCUT2D eigenvalue weighted by atomic mass is 16.5. The Labute approximate surface area is 43.3 Å². The van der Waals surface area contributed by atoms with E-state index < -0.39 is 0 Å². The first kappa shape index (κ1) is 6.21. The largest absolute Gasteiger partial charge is 0.496 e. The molecule has 1 N–H and O–H groups in total. The molecule has 0 saturated heterocycles. The average molecular weight is 99.1 g/mol. The lowest BCUT2D eigenvalue weighted by Crippen LogP contribution is -1.83. The third kappa shape index (κ3) is 1.98. The normalized spacial score (nSPS) is 10.9. The van der Waals surface area contributed by atoms with Gasteiger partial charge in [-0.2, -0.15) is 0 Å². The Morgan fingerprint density at radius 2 is 2.29 bits per heavy atom. The van der Waals surface area contributed by atoms with Gasteiger partial charge in [0.25, 0.3) is 0 Å². The molecule has 0 aliphatic rings. The maximum absolute atomic E-state index is 6.64. The van der Waals surface area contributed by atoms with Crippen molar-refractivity contribution in [3.05, 3.63) is 11.8 Å². The third-order valence-electron chi connectivity index (χ3n) is 0.662. The van der Waals surface area contributed by atoms with Crippen LogP contribution in [0.15, 0.2) is 11.8 Å². The van der Waals surface area contributed by atoms with Crippen molar-refractivity contribution < 1.29 is 4.74 Å². The third-order valence-corrected chi connectivity index (χ3v) is 0.662. The Hall–Kier alpha value is -0.790.